The summed E-state index contributed by atoms with van der Waals surface area (Å²) in [4.78, 5) is 23.8. The lowest BCUT2D eigenvalue weighted by molar-refractivity contribution is 0.0694. The molecule has 1 N–H and O–H groups in total. The molecule has 7 nitrogen and oxygen atoms in total. The van der Waals surface area contributed by atoms with Crippen LogP contribution in [0.25, 0.3) is 11.3 Å². The minimum Gasteiger partial charge on any atom is -0.492 e. The maximum Gasteiger partial charge on any atom is 0.341 e. The van der Waals surface area contributed by atoms with Crippen molar-refractivity contribution in [2.75, 3.05) is 31.9 Å². The Hall–Kier alpha value is -2.51. The summed E-state index contributed by atoms with van der Waals surface area (Å²) >= 11 is 6.47. The smallest absolute Gasteiger partial charge is 0.341 e. The number of ether oxygens (including phenoxy) is 2. The van der Waals surface area contributed by atoms with E-state index in [1.807, 2.05) is 18.0 Å². The Labute approximate surface area is 174 Å². The van der Waals surface area contributed by atoms with Gasteiger partial charge in [0.15, 0.2) is 5.43 Å². The average Bonchev–Trinajstić information content (AvgIpc) is 2.70. The first kappa shape index (κ1) is 21.2. The van der Waals surface area contributed by atoms with E-state index in [-0.39, 0.29) is 11.6 Å². The summed E-state index contributed by atoms with van der Waals surface area (Å²) in [7, 11) is 1.65. The zero-order chi connectivity index (χ0) is 21.1. The molecule has 0 aliphatic carbocycles. The van der Waals surface area contributed by atoms with E-state index in [2.05, 4.69) is 6.92 Å². The number of carbonyl (C=O) groups is 1. The van der Waals surface area contributed by atoms with Crippen LogP contribution < -0.4 is 15.2 Å². The van der Waals surface area contributed by atoms with Gasteiger partial charge in [-0.1, -0.05) is 18.5 Å². The van der Waals surface area contributed by atoms with Crippen molar-refractivity contribution < 1.29 is 19.4 Å². The molecule has 2 aromatic rings. The van der Waals surface area contributed by atoms with E-state index in [1.165, 1.54) is 12.3 Å². The molecule has 1 unspecified atom stereocenters. The predicted molar refractivity (Wildman–Crippen MR) is 112 cm³/mol. The van der Waals surface area contributed by atoms with Crippen molar-refractivity contribution in [2.24, 2.45) is 0 Å². The zero-order valence-electron chi connectivity index (χ0n) is 16.8. The molecule has 156 valence electrons. The second kappa shape index (κ2) is 8.88. The highest BCUT2D eigenvalue weighted by molar-refractivity contribution is 6.32. The molecule has 29 heavy (non-hydrogen) atoms. The summed E-state index contributed by atoms with van der Waals surface area (Å²) in [6.07, 6.45) is 2.94. The zero-order valence-corrected chi connectivity index (χ0v) is 17.5. The van der Waals surface area contributed by atoms with E-state index in [9.17, 15) is 14.7 Å². The highest BCUT2D eigenvalue weighted by atomic mass is 35.5. The van der Waals surface area contributed by atoms with Gasteiger partial charge in [0.2, 0.25) is 0 Å². The van der Waals surface area contributed by atoms with Crippen LogP contribution in [0.15, 0.2) is 29.2 Å². The van der Waals surface area contributed by atoms with Crippen LogP contribution in [0.4, 0.5) is 0 Å². The Morgan fingerprint density at radius 1 is 1.24 bits per heavy atom. The van der Waals surface area contributed by atoms with Gasteiger partial charge in [-0.15, -0.1) is 0 Å². The fourth-order valence-electron chi connectivity index (χ4n) is 3.77. The first-order valence-corrected chi connectivity index (χ1v) is 10.0. The van der Waals surface area contributed by atoms with Crippen LogP contribution in [-0.2, 0) is 4.74 Å². The fourth-order valence-corrected chi connectivity index (χ4v) is 3.99. The van der Waals surface area contributed by atoms with Crippen molar-refractivity contribution in [3.8, 4) is 17.0 Å². The molecular formula is C21H25ClN2O5. The van der Waals surface area contributed by atoms with E-state index >= 15 is 0 Å². The van der Waals surface area contributed by atoms with E-state index in [4.69, 9.17) is 21.1 Å². The maximum absolute atomic E-state index is 12.4. The maximum atomic E-state index is 12.4. The summed E-state index contributed by atoms with van der Waals surface area (Å²) in [5, 5.41) is 11.9. The molecule has 1 atom stereocenters. The van der Waals surface area contributed by atoms with Crippen molar-refractivity contribution in [1.29, 1.82) is 0 Å². The van der Waals surface area contributed by atoms with Gasteiger partial charge in [-0.25, -0.2) is 4.79 Å². The van der Waals surface area contributed by atoms with Gasteiger partial charge in [-0.3, -0.25) is 9.47 Å². The minimum atomic E-state index is -1.24. The van der Waals surface area contributed by atoms with E-state index < -0.39 is 11.4 Å². The fraction of sp³-hybridized carbons (Fsp3) is 0.429. The quantitative estimate of drug-likeness (QED) is 0.656. The van der Waals surface area contributed by atoms with Gasteiger partial charge in [-0.2, -0.15) is 0 Å². The summed E-state index contributed by atoms with van der Waals surface area (Å²) in [6.45, 7) is 5.79. The number of halogens is 1. The molecule has 1 aliphatic heterocycles. The Bertz CT molecular complexity index is 972. The molecule has 1 aliphatic rings. The number of hydrogen-bond donors (Lipinski definition) is 1. The van der Waals surface area contributed by atoms with Crippen LogP contribution in [0.1, 0.15) is 48.7 Å². The van der Waals surface area contributed by atoms with Crippen molar-refractivity contribution >= 4 is 17.6 Å². The third-order valence-electron chi connectivity index (χ3n) is 5.10. The van der Waals surface area contributed by atoms with Crippen LogP contribution in [0.3, 0.4) is 0 Å². The van der Waals surface area contributed by atoms with Gasteiger partial charge in [0.25, 0.3) is 0 Å². The number of rotatable bonds is 8. The highest BCUT2D eigenvalue weighted by Gasteiger charge is 2.31. The predicted octanol–water partition coefficient (Wildman–Crippen LogP) is 3.70. The van der Waals surface area contributed by atoms with Gasteiger partial charge in [-0.05, 0) is 31.0 Å². The molecule has 0 spiro atoms. The molecule has 0 radical (unpaired) electrons. The number of hydrogen-bond acceptors (Lipinski definition) is 5. The molecule has 0 saturated heterocycles. The number of fused-ring (bicyclic) bond motifs is 3. The largest absolute Gasteiger partial charge is 0.492 e. The van der Waals surface area contributed by atoms with Gasteiger partial charge in [0.1, 0.15) is 11.3 Å². The first-order valence-electron chi connectivity index (χ1n) is 9.65. The van der Waals surface area contributed by atoms with E-state index in [0.29, 0.717) is 36.2 Å². The van der Waals surface area contributed by atoms with E-state index in [1.54, 1.807) is 17.9 Å². The number of aromatic nitrogens is 1. The molecule has 0 fully saturated rings. The van der Waals surface area contributed by atoms with Gasteiger partial charge >= 0.3 is 5.97 Å². The summed E-state index contributed by atoms with van der Waals surface area (Å²) in [5.41, 5.74) is 1.65. The van der Waals surface area contributed by atoms with E-state index in [0.717, 1.165) is 24.0 Å². The topological polar surface area (TPSA) is 81.0 Å². The second-order valence-corrected chi connectivity index (χ2v) is 7.24. The summed E-state index contributed by atoms with van der Waals surface area (Å²) in [6, 6.07) is 5.08. The van der Waals surface area contributed by atoms with Crippen molar-refractivity contribution in [3.05, 3.63) is 50.8 Å². The number of carboxylic acid groups (broad SMARTS) is 1. The highest BCUT2D eigenvalue weighted by Crippen LogP contribution is 2.42. The van der Waals surface area contributed by atoms with Crippen molar-refractivity contribution in [2.45, 2.75) is 32.7 Å². The molecular weight excluding hydrogens is 396 g/mol. The monoisotopic (exact) mass is 420 g/mol. The van der Waals surface area contributed by atoms with Crippen LogP contribution in [0.5, 0.6) is 5.75 Å². The van der Waals surface area contributed by atoms with Crippen LogP contribution >= 0.6 is 11.6 Å². The Morgan fingerprint density at radius 3 is 2.62 bits per heavy atom. The lowest BCUT2D eigenvalue weighted by Crippen LogP contribution is -2.43. The molecule has 1 aromatic heterocycles. The summed E-state index contributed by atoms with van der Waals surface area (Å²) < 4.78 is 12.7. The standard InChI is InChI=1S/C21H25ClN2O5/c1-4-17-14-10-20(29-8-6-7-28-3)16(22)9-13(14)18-11-19(25)15(21(26)27)12-24(18)23(17)5-2/h9-12,17H,4-8H2,1-3H3,(H,26,27). The first-order chi connectivity index (χ1) is 13.9. The molecule has 8 heteroatoms. The molecule has 0 amide bonds. The number of nitrogens with zero attached hydrogens (tertiary/aromatic N) is 2. The molecule has 3 rings (SSSR count). The van der Waals surface area contributed by atoms with Gasteiger partial charge < -0.3 is 19.6 Å². The van der Waals surface area contributed by atoms with Gasteiger partial charge in [0, 0.05) is 44.5 Å². The molecule has 1 aromatic carbocycles. The number of aromatic carboxylic acids is 1. The number of benzene rings is 1. The van der Waals surface area contributed by atoms with Crippen LogP contribution in [-0.4, -0.2) is 42.6 Å². The number of methoxy groups -OCH3 is 1. The Kier molecular flexibility index (Phi) is 6.49. The Morgan fingerprint density at radius 2 is 2.00 bits per heavy atom. The van der Waals surface area contributed by atoms with Gasteiger partial charge in [0.05, 0.1) is 23.4 Å². The molecule has 0 saturated carbocycles. The Balaban J connectivity index is 2.14. The van der Waals surface area contributed by atoms with Crippen molar-refractivity contribution in [3.63, 3.8) is 0 Å². The third kappa shape index (κ3) is 3.97. The third-order valence-corrected chi connectivity index (χ3v) is 5.39. The average molecular weight is 421 g/mol. The summed E-state index contributed by atoms with van der Waals surface area (Å²) in [5.74, 6) is -0.646. The normalized spacial score (nSPS) is 15.0. The number of carboxylic acids is 1. The SMILES string of the molecule is CCC1c2cc(OCCCOC)c(Cl)cc2-c2cc(=O)c(C(=O)O)cn2N1CC. The lowest BCUT2D eigenvalue weighted by Gasteiger charge is -2.41. The minimum absolute atomic E-state index is 0.00904. The number of pyridine rings is 1. The molecule has 0 bridgehead atoms. The second-order valence-electron chi connectivity index (χ2n) is 6.83. The van der Waals surface area contributed by atoms with Crippen LogP contribution in [0, 0.1) is 0 Å². The van der Waals surface area contributed by atoms with Crippen LogP contribution in [0.2, 0.25) is 5.02 Å². The molecule has 2 heterocycles. The lowest BCUT2D eigenvalue weighted by atomic mass is 9.92. The van der Waals surface area contributed by atoms with Crippen molar-refractivity contribution in [1.82, 2.24) is 4.68 Å².